The lowest BCUT2D eigenvalue weighted by Gasteiger charge is -2.41. The molecular weight excluding hydrogens is 292 g/mol. The van der Waals surface area contributed by atoms with Crippen LogP contribution in [0.1, 0.15) is 43.1 Å². The number of esters is 1. The van der Waals surface area contributed by atoms with Gasteiger partial charge in [0.05, 0.1) is 7.11 Å². The van der Waals surface area contributed by atoms with Gasteiger partial charge in [-0.05, 0) is 43.7 Å². The van der Waals surface area contributed by atoms with Gasteiger partial charge in [-0.15, -0.1) is 10.2 Å². The van der Waals surface area contributed by atoms with E-state index in [1.807, 2.05) is 6.07 Å². The van der Waals surface area contributed by atoms with Crippen molar-refractivity contribution in [2.75, 3.05) is 38.2 Å². The molecule has 0 amide bonds. The van der Waals surface area contributed by atoms with Crippen LogP contribution in [0.4, 0.5) is 5.82 Å². The Kier molecular flexibility index (Phi) is 5.10. The van der Waals surface area contributed by atoms with Crippen LogP contribution in [-0.4, -0.2) is 60.4 Å². The van der Waals surface area contributed by atoms with E-state index in [-0.39, 0.29) is 5.69 Å². The first kappa shape index (κ1) is 16.2. The van der Waals surface area contributed by atoms with Gasteiger partial charge in [0, 0.05) is 32.2 Å². The third-order valence-corrected chi connectivity index (χ3v) is 5.19. The van der Waals surface area contributed by atoms with Gasteiger partial charge < -0.3 is 9.64 Å². The van der Waals surface area contributed by atoms with Crippen LogP contribution in [0, 0.1) is 5.92 Å². The molecule has 6 nitrogen and oxygen atoms in total. The number of rotatable bonds is 3. The molecule has 1 saturated heterocycles. The number of anilines is 1. The van der Waals surface area contributed by atoms with Gasteiger partial charge in [-0.25, -0.2) is 4.79 Å². The standard InChI is InChI=1S/C17H26N4O2/c1-13-3-5-14(6-4-13)20-9-11-21(12-10-20)16-8-7-15(18-19-16)17(22)23-2/h7-8,13-14H,3-6,9-12H2,1-2H3. The highest BCUT2D eigenvalue weighted by Crippen LogP contribution is 2.28. The summed E-state index contributed by atoms with van der Waals surface area (Å²) in [5.74, 6) is 1.30. The van der Waals surface area contributed by atoms with E-state index in [9.17, 15) is 4.79 Å². The number of ether oxygens (including phenoxy) is 1. The third-order valence-electron chi connectivity index (χ3n) is 5.19. The van der Waals surface area contributed by atoms with Gasteiger partial charge in [0.25, 0.3) is 0 Å². The van der Waals surface area contributed by atoms with Crippen molar-refractivity contribution < 1.29 is 9.53 Å². The predicted molar refractivity (Wildman–Crippen MR) is 88.6 cm³/mol. The fraction of sp³-hybridized carbons (Fsp3) is 0.706. The minimum Gasteiger partial charge on any atom is -0.464 e. The van der Waals surface area contributed by atoms with E-state index in [0.717, 1.165) is 44.0 Å². The maximum Gasteiger partial charge on any atom is 0.358 e. The second kappa shape index (κ2) is 7.25. The van der Waals surface area contributed by atoms with Crippen LogP contribution in [0.2, 0.25) is 0 Å². The summed E-state index contributed by atoms with van der Waals surface area (Å²) in [5, 5.41) is 8.14. The summed E-state index contributed by atoms with van der Waals surface area (Å²) in [4.78, 5) is 16.3. The van der Waals surface area contributed by atoms with E-state index in [0.29, 0.717) is 0 Å². The SMILES string of the molecule is COC(=O)c1ccc(N2CCN(C3CCC(C)CC3)CC2)nn1. The van der Waals surface area contributed by atoms with Crippen molar-refractivity contribution in [2.45, 2.75) is 38.6 Å². The minimum absolute atomic E-state index is 0.256. The summed E-state index contributed by atoms with van der Waals surface area (Å²) in [6.45, 7) is 6.47. The molecule has 126 valence electrons. The highest BCUT2D eigenvalue weighted by Gasteiger charge is 2.27. The lowest BCUT2D eigenvalue weighted by Crippen LogP contribution is -2.51. The number of hydrogen-bond donors (Lipinski definition) is 0. The first-order valence-corrected chi connectivity index (χ1v) is 8.58. The molecule has 1 aromatic rings. The maximum absolute atomic E-state index is 11.4. The Morgan fingerprint density at radius 3 is 2.35 bits per heavy atom. The highest BCUT2D eigenvalue weighted by atomic mass is 16.5. The number of carbonyl (C=O) groups excluding carboxylic acids is 1. The Labute approximate surface area is 137 Å². The Balaban J connectivity index is 1.53. The van der Waals surface area contributed by atoms with Crippen molar-refractivity contribution in [1.29, 1.82) is 0 Å². The average Bonchev–Trinajstić information content (AvgIpc) is 2.62. The highest BCUT2D eigenvalue weighted by molar-refractivity contribution is 5.86. The molecule has 1 saturated carbocycles. The van der Waals surface area contributed by atoms with Gasteiger partial charge in [-0.1, -0.05) is 6.92 Å². The predicted octanol–water partition coefficient (Wildman–Crippen LogP) is 1.96. The third kappa shape index (κ3) is 3.80. The molecule has 3 rings (SSSR count). The normalized spacial score (nSPS) is 26.1. The topological polar surface area (TPSA) is 58.6 Å². The molecule has 23 heavy (non-hydrogen) atoms. The van der Waals surface area contributed by atoms with Gasteiger partial charge >= 0.3 is 5.97 Å². The lowest BCUT2D eigenvalue weighted by atomic mass is 9.86. The number of hydrogen-bond acceptors (Lipinski definition) is 6. The van der Waals surface area contributed by atoms with Gasteiger partial charge in [0.1, 0.15) is 0 Å². The Morgan fingerprint density at radius 1 is 1.09 bits per heavy atom. The summed E-state index contributed by atoms with van der Waals surface area (Å²) in [7, 11) is 1.35. The Bertz CT molecular complexity index is 518. The molecule has 1 aliphatic carbocycles. The number of aromatic nitrogens is 2. The first-order valence-electron chi connectivity index (χ1n) is 8.58. The van der Waals surface area contributed by atoms with Gasteiger partial charge in [-0.3, -0.25) is 4.90 Å². The van der Waals surface area contributed by atoms with E-state index in [1.54, 1.807) is 6.07 Å². The smallest absolute Gasteiger partial charge is 0.358 e. The van der Waals surface area contributed by atoms with Crippen LogP contribution < -0.4 is 4.90 Å². The zero-order valence-corrected chi connectivity index (χ0v) is 14.1. The van der Waals surface area contributed by atoms with E-state index in [4.69, 9.17) is 0 Å². The van der Waals surface area contributed by atoms with Crippen LogP contribution >= 0.6 is 0 Å². The Hall–Kier alpha value is -1.69. The molecule has 0 N–H and O–H groups in total. The summed E-state index contributed by atoms with van der Waals surface area (Å²) in [5.41, 5.74) is 0.256. The quantitative estimate of drug-likeness (QED) is 0.794. The van der Waals surface area contributed by atoms with Crippen molar-refractivity contribution in [3.63, 3.8) is 0 Å². The second-order valence-corrected chi connectivity index (χ2v) is 6.71. The molecule has 2 heterocycles. The summed E-state index contributed by atoms with van der Waals surface area (Å²) >= 11 is 0. The van der Waals surface area contributed by atoms with Gasteiger partial charge in [0.2, 0.25) is 0 Å². The molecule has 2 aliphatic rings. The fourth-order valence-electron chi connectivity index (χ4n) is 3.63. The molecule has 0 spiro atoms. The van der Waals surface area contributed by atoms with E-state index < -0.39 is 5.97 Å². The number of methoxy groups -OCH3 is 1. The monoisotopic (exact) mass is 318 g/mol. The van der Waals surface area contributed by atoms with Crippen LogP contribution in [0.25, 0.3) is 0 Å². The van der Waals surface area contributed by atoms with Crippen molar-refractivity contribution in [3.05, 3.63) is 17.8 Å². The molecule has 2 fully saturated rings. The van der Waals surface area contributed by atoms with Gasteiger partial charge in [0.15, 0.2) is 11.5 Å². The average molecular weight is 318 g/mol. The summed E-state index contributed by atoms with van der Waals surface area (Å²) < 4.78 is 4.65. The number of carbonyl (C=O) groups is 1. The Morgan fingerprint density at radius 2 is 1.78 bits per heavy atom. The van der Waals surface area contributed by atoms with Crippen LogP contribution in [0.5, 0.6) is 0 Å². The number of nitrogens with zero attached hydrogens (tertiary/aromatic N) is 4. The van der Waals surface area contributed by atoms with Crippen molar-refractivity contribution in [1.82, 2.24) is 15.1 Å². The molecule has 6 heteroatoms. The lowest BCUT2D eigenvalue weighted by molar-refractivity contribution is 0.0592. The molecule has 0 radical (unpaired) electrons. The van der Waals surface area contributed by atoms with Crippen molar-refractivity contribution >= 4 is 11.8 Å². The molecule has 1 aliphatic heterocycles. The molecule has 0 bridgehead atoms. The molecule has 0 atom stereocenters. The zero-order valence-electron chi connectivity index (χ0n) is 14.1. The summed E-state index contributed by atoms with van der Waals surface area (Å²) in [6, 6.07) is 4.31. The largest absolute Gasteiger partial charge is 0.464 e. The van der Waals surface area contributed by atoms with Crippen LogP contribution in [-0.2, 0) is 4.74 Å². The zero-order chi connectivity index (χ0) is 16.2. The first-order chi connectivity index (χ1) is 11.2. The summed E-state index contributed by atoms with van der Waals surface area (Å²) in [6.07, 6.45) is 5.42. The molecule has 0 aromatic carbocycles. The molecule has 1 aromatic heterocycles. The van der Waals surface area contributed by atoms with Crippen LogP contribution in [0.15, 0.2) is 12.1 Å². The minimum atomic E-state index is -0.444. The molecular formula is C17H26N4O2. The number of piperazine rings is 1. The van der Waals surface area contributed by atoms with Gasteiger partial charge in [-0.2, -0.15) is 0 Å². The van der Waals surface area contributed by atoms with Crippen molar-refractivity contribution in [2.24, 2.45) is 5.92 Å². The van der Waals surface area contributed by atoms with E-state index >= 15 is 0 Å². The van der Waals surface area contributed by atoms with Crippen LogP contribution in [0.3, 0.4) is 0 Å². The second-order valence-electron chi connectivity index (χ2n) is 6.71. The van der Waals surface area contributed by atoms with Crippen molar-refractivity contribution in [3.8, 4) is 0 Å². The fourth-order valence-corrected chi connectivity index (χ4v) is 3.63. The molecule has 0 unspecified atom stereocenters. The van der Waals surface area contributed by atoms with E-state index in [2.05, 4.69) is 31.7 Å². The maximum atomic E-state index is 11.4. The van der Waals surface area contributed by atoms with E-state index in [1.165, 1.54) is 32.8 Å².